The molecular weight excluding hydrogens is 420 g/mol. The van der Waals surface area contributed by atoms with Crippen LogP contribution in [0.5, 0.6) is 0 Å². The van der Waals surface area contributed by atoms with Crippen LogP contribution in [0.25, 0.3) is 0 Å². The zero-order valence-electron chi connectivity index (χ0n) is 16.0. The third kappa shape index (κ3) is 5.30. The molecule has 0 N–H and O–H groups in total. The number of halogens is 1. The van der Waals surface area contributed by atoms with Crippen molar-refractivity contribution in [3.63, 3.8) is 0 Å². The molecule has 0 atom stereocenters. The lowest BCUT2D eigenvalue weighted by molar-refractivity contribution is 0.590. The average Bonchev–Trinajstić information content (AvgIpc) is 2.99. The first kappa shape index (κ1) is 19.8. The van der Waals surface area contributed by atoms with Gasteiger partial charge in [-0.3, -0.25) is 0 Å². The zero-order valence-corrected chi connectivity index (χ0v) is 18.4. The Morgan fingerprint density at radius 1 is 1.04 bits per heavy atom. The number of thioether (sulfide) groups is 1. The molecule has 0 aliphatic heterocycles. The van der Waals surface area contributed by atoms with E-state index in [9.17, 15) is 0 Å². The zero-order chi connectivity index (χ0) is 19.4. The second-order valence-corrected chi connectivity index (χ2v) is 9.23. The van der Waals surface area contributed by atoms with Crippen molar-refractivity contribution in [2.75, 3.05) is 0 Å². The van der Waals surface area contributed by atoms with Crippen LogP contribution in [0.1, 0.15) is 43.3 Å². The minimum absolute atomic E-state index is 0.150. The molecule has 140 valence electrons. The first-order chi connectivity index (χ1) is 12.8. The molecule has 0 aliphatic carbocycles. The molecule has 0 bridgehead atoms. The first-order valence-corrected chi connectivity index (χ1v) is 10.5. The van der Waals surface area contributed by atoms with Crippen molar-refractivity contribution < 1.29 is 0 Å². The predicted molar refractivity (Wildman–Crippen MR) is 117 cm³/mol. The van der Waals surface area contributed by atoms with Gasteiger partial charge in [0.2, 0.25) is 5.16 Å². The van der Waals surface area contributed by atoms with Crippen LogP contribution in [-0.4, -0.2) is 21.1 Å². The molecule has 0 radical (unpaired) electrons. The number of aryl methyl sites for hydroxylation is 1. The van der Waals surface area contributed by atoms with Gasteiger partial charge in [-0.05, 0) is 41.2 Å². The van der Waals surface area contributed by atoms with Gasteiger partial charge < -0.3 is 0 Å². The summed E-state index contributed by atoms with van der Waals surface area (Å²) in [6.45, 7) is 8.55. The highest BCUT2D eigenvalue weighted by molar-refractivity contribution is 9.10. The lowest BCUT2D eigenvalue weighted by atomic mass is 9.87. The van der Waals surface area contributed by atoms with Crippen LogP contribution < -0.4 is 0 Å². The molecule has 0 aliphatic rings. The summed E-state index contributed by atoms with van der Waals surface area (Å²) < 4.78 is 2.87. The molecule has 1 heterocycles. The predicted octanol–water partition coefficient (Wildman–Crippen LogP) is 5.82. The van der Waals surface area contributed by atoms with Crippen molar-refractivity contribution >= 4 is 33.9 Å². The van der Waals surface area contributed by atoms with Gasteiger partial charge in [-0.15, -0.1) is 10.2 Å². The van der Waals surface area contributed by atoms with Gasteiger partial charge in [0.25, 0.3) is 0 Å². The number of hydrogen-bond donors (Lipinski definition) is 0. The second kappa shape index (κ2) is 8.40. The van der Waals surface area contributed by atoms with Gasteiger partial charge in [0, 0.05) is 10.2 Å². The summed E-state index contributed by atoms with van der Waals surface area (Å²) in [5, 5.41) is 13.8. The summed E-state index contributed by atoms with van der Waals surface area (Å²) in [4.78, 5) is 0. The Hall–Kier alpha value is -1.92. The topological polar surface area (TPSA) is 43.1 Å². The fourth-order valence-corrected chi connectivity index (χ4v) is 3.64. The summed E-state index contributed by atoms with van der Waals surface area (Å²) in [6.07, 6.45) is 1.85. The minimum atomic E-state index is 0.150. The Bertz CT molecular complexity index is 922. The number of nitrogens with zero attached hydrogens (tertiary/aromatic N) is 4. The van der Waals surface area contributed by atoms with Crippen molar-refractivity contribution in [2.45, 2.75) is 44.0 Å². The molecule has 0 unspecified atom stereocenters. The van der Waals surface area contributed by atoms with Crippen LogP contribution in [0.4, 0.5) is 0 Å². The Morgan fingerprint density at radius 3 is 2.33 bits per heavy atom. The smallest absolute Gasteiger partial charge is 0.192 e. The Labute approximate surface area is 173 Å². The highest BCUT2D eigenvalue weighted by atomic mass is 79.9. The van der Waals surface area contributed by atoms with Gasteiger partial charge in [0.15, 0.2) is 5.82 Å². The van der Waals surface area contributed by atoms with Crippen LogP contribution >= 0.6 is 27.7 Å². The molecule has 4 nitrogen and oxygen atoms in total. The van der Waals surface area contributed by atoms with E-state index in [0.29, 0.717) is 0 Å². The Balaban J connectivity index is 1.72. The van der Waals surface area contributed by atoms with Crippen LogP contribution in [-0.2, 0) is 11.2 Å². The molecule has 0 saturated heterocycles. The molecule has 0 amide bonds. The fourth-order valence-electron chi connectivity index (χ4n) is 2.48. The van der Waals surface area contributed by atoms with E-state index in [1.165, 1.54) is 11.1 Å². The van der Waals surface area contributed by atoms with Gasteiger partial charge in [-0.25, -0.2) is 0 Å². The molecule has 2 aromatic carbocycles. The highest BCUT2D eigenvalue weighted by Crippen LogP contribution is 2.24. The van der Waals surface area contributed by atoms with E-state index >= 15 is 0 Å². The van der Waals surface area contributed by atoms with E-state index in [1.54, 1.807) is 16.4 Å². The van der Waals surface area contributed by atoms with Crippen molar-refractivity contribution in [2.24, 2.45) is 5.10 Å². The van der Waals surface area contributed by atoms with E-state index < -0.39 is 0 Å². The minimum Gasteiger partial charge on any atom is -0.192 e. The molecule has 0 fully saturated rings. The monoisotopic (exact) mass is 442 g/mol. The van der Waals surface area contributed by atoms with Crippen molar-refractivity contribution in [3.8, 4) is 0 Å². The van der Waals surface area contributed by atoms with Crippen LogP contribution in [0.3, 0.4) is 0 Å². The molecule has 1 aromatic heterocycles. The van der Waals surface area contributed by atoms with E-state index in [4.69, 9.17) is 0 Å². The lowest BCUT2D eigenvalue weighted by Gasteiger charge is -2.18. The number of hydrogen-bond acceptors (Lipinski definition) is 4. The normalized spacial score (nSPS) is 12.0. The summed E-state index contributed by atoms with van der Waals surface area (Å²) in [5.41, 5.74) is 3.75. The van der Waals surface area contributed by atoms with Gasteiger partial charge in [-0.2, -0.15) is 9.78 Å². The van der Waals surface area contributed by atoms with Crippen LogP contribution in [0, 0.1) is 6.92 Å². The maximum atomic E-state index is 4.59. The molecule has 0 spiro atoms. The number of rotatable bonds is 5. The summed E-state index contributed by atoms with van der Waals surface area (Å²) in [5.74, 6) is 1.59. The first-order valence-electron chi connectivity index (χ1n) is 8.77. The maximum Gasteiger partial charge on any atom is 0.212 e. The lowest BCUT2D eigenvalue weighted by Crippen LogP contribution is -2.10. The third-order valence-electron chi connectivity index (χ3n) is 4.15. The number of aromatic nitrogens is 3. The van der Waals surface area contributed by atoms with Crippen LogP contribution in [0.15, 0.2) is 63.3 Å². The molecule has 0 saturated carbocycles. The molecule has 27 heavy (non-hydrogen) atoms. The van der Waals surface area contributed by atoms with Crippen LogP contribution in [0.2, 0.25) is 0 Å². The largest absolute Gasteiger partial charge is 0.212 e. The maximum absolute atomic E-state index is 4.59. The van der Waals surface area contributed by atoms with E-state index in [0.717, 1.165) is 26.8 Å². The van der Waals surface area contributed by atoms with Crippen molar-refractivity contribution in [1.82, 2.24) is 14.9 Å². The van der Waals surface area contributed by atoms with Crippen molar-refractivity contribution in [1.29, 1.82) is 0 Å². The number of benzene rings is 2. The molecule has 3 aromatic rings. The van der Waals surface area contributed by atoms with E-state index in [2.05, 4.69) is 88.4 Å². The van der Waals surface area contributed by atoms with Gasteiger partial charge in [0.05, 0.1) is 6.21 Å². The van der Waals surface area contributed by atoms with Gasteiger partial charge in [-0.1, -0.05) is 84.9 Å². The summed E-state index contributed by atoms with van der Waals surface area (Å²) in [6, 6.07) is 16.8. The second-order valence-electron chi connectivity index (χ2n) is 7.37. The Kier molecular flexibility index (Phi) is 6.17. The van der Waals surface area contributed by atoms with Crippen molar-refractivity contribution in [3.05, 3.63) is 75.5 Å². The SMILES string of the molecule is Cc1nnc(SCc2ccc(Br)cc2)n1/N=C/c1ccc(C(C)(C)C)cc1. The van der Waals surface area contributed by atoms with Gasteiger partial charge >= 0.3 is 0 Å². The van der Waals surface area contributed by atoms with E-state index in [1.807, 2.05) is 25.3 Å². The average molecular weight is 443 g/mol. The standard InChI is InChI=1S/C21H23BrN4S/c1-15-24-25-20(27-14-17-7-11-19(22)12-8-17)26(15)23-13-16-5-9-18(10-6-16)21(2,3)4/h5-13H,14H2,1-4H3/b23-13+. The quantitative estimate of drug-likeness (QED) is 0.369. The molecular formula is C21H23BrN4S. The molecule has 6 heteroatoms. The summed E-state index contributed by atoms with van der Waals surface area (Å²) >= 11 is 5.09. The summed E-state index contributed by atoms with van der Waals surface area (Å²) in [7, 11) is 0. The third-order valence-corrected chi connectivity index (χ3v) is 5.67. The highest BCUT2D eigenvalue weighted by Gasteiger charge is 2.13. The van der Waals surface area contributed by atoms with Gasteiger partial charge in [0.1, 0.15) is 0 Å². The fraction of sp³-hybridized carbons (Fsp3) is 0.286. The molecule has 3 rings (SSSR count). The Morgan fingerprint density at radius 2 is 1.70 bits per heavy atom. The van der Waals surface area contributed by atoms with E-state index in [-0.39, 0.29) is 5.41 Å².